The summed E-state index contributed by atoms with van der Waals surface area (Å²) in [6.07, 6.45) is 8.41. The van der Waals surface area contributed by atoms with E-state index >= 15 is 0 Å². The van der Waals surface area contributed by atoms with Crippen LogP contribution in [0.3, 0.4) is 0 Å². The third-order valence-corrected chi connectivity index (χ3v) is 3.52. The van der Waals surface area contributed by atoms with Gasteiger partial charge in [-0.2, -0.15) is 0 Å². The van der Waals surface area contributed by atoms with E-state index in [-0.39, 0.29) is 6.61 Å². The molecule has 0 spiro atoms. The quantitative estimate of drug-likeness (QED) is 0.825. The molecule has 0 radical (unpaired) electrons. The van der Waals surface area contributed by atoms with Crippen molar-refractivity contribution >= 4 is 17.8 Å². The van der Waals surface area contributed by atoms with Crippen molar-refractivity contribution in [3.8, 4) is 0 Å². The van der Waals surface area contributed by atoms with Gasteiger partial charge in [-0.3, -0.25) is 0 Å². The SMILES string of the molecule is CC[n+]1ccc(/C=C/c2ccccc2N(C)CCO)cc1. The third kappa shape index (κ3) is 4.17. The first-order chi connectivity index (χ1) is 10.2. The van der Waals surface area contributed by atoms with E-state index in [9.17, 15) is 0 Å². The molecule has 0 aliphatic rings. The van der Waals surface area contributed by atoms with Crippen molar-refractivity contribution in [2.24, 2.45) is 0 Å². The van der Waals surface area contributed by atoms with Crippen LogP contribution in [0.25, 0.3) is 12.2 Å². The minimum absolute atomic E-state index is 0.157. The summed E-state index contributed by atoms with van der Waals surface area (Å²) in [7, 11) is 2.00. The smallest absolute Gasteiger partial charge is 0.169 e. The summed E-state index contributed by atoms with van der Waals surface area (Å²) in [6, 6.07) is 12.4. The van der Waals surface area contributed by atoms with Crippen LogP contribution in [0.5, 0.6) is 0 Å². The van der Waals surface area contributed by atoms with Gasteiger partial charge >= 0.3 is 0 Å². The molecule has 2 aromatic rings. The van der Waals surface area contributed by atoms with Crippen LogP contribution in [0.15, 0.2) is 48.8 Å². The molecule has 2 rings (SSSR count). The first-order valence-electron chi connectivity index (χ1n) is 7.33. The Morgan fingerprint density at radius 1 is 1.10 bits per heavy atom. The number of para-hydroxylation sites is 1. The average Bonchev–Trinajstić information content (AvgIpc) is 2.54. The van der Waals surface area contributed by atoms with E-state index in [1.807, 2.05) is 19.2 Å². The molecule has 21 heavy (non-hydrogen) atoms. The Bertz CT molecular complexity index is 590. The lowest BCUT2D eigenvalue weighted by molar-refractivity contribution is -0.693. The van der Waals surface area contributed by atoms with Gasteiger partial charge in [-0.1, -0.05) is 30.4 Å². The maximum absolute atomic E-state index is 9.08. The van der Waals surface area contributed by atoms with E-state index in [2.05, 4.69) is 65.2 Å². The number of aliphatic hydroxyl groups excluding tert-OH is 1. The molecular formula is C18H23N2O+. The zero-order valence-corrected chi connectivity index (χ0v) is 12.7. The Morgan fingerprint density at radius 3 is 2.48 bits per heavy atom. The van der Waals surface area contributed by atoms with Crippen molar-refractivity contribution in [2.75, 3.05) is 25.1 Å². The molecule has 1 N–H and O–H groups in total. The number of likely N-dealkylation sites (N-methyl/N-ethyl adjacent to an activating group) is 1. The van der Waals surface area contributed by atoms with E-state index in [4.69, 9.17) is 5.11 Å². The summed E-state index contributed by atoms with van der Waals surface area (Å²) < 4.78 is 2.14. The fraction of sp³-hybridized carbons (Fsp3) is 0.278. The lowest BCUT2D eigenvalue weighted by atomic mass is 10.1. The number of pyridine rings is 1. The van der Waals surface area contributed by atoms with Crippen LogP contribution >= 0.6 is 0 Å². The zero-order chi connectivity index (χ0) is 15.1. The van der Waals surface area contributed by atoms with Gasteiger partial charge in [-0.15, -0.1) is 0 Å². The van der Waals surface area contributed by atoms with Gasteiger partial charge in [-0.05, 0) is 24.1 Å². The number of aromatic nitrogens is 1. The molecule has 1 aromatic heterocycles. The van der Waals surface area contributed by atoms with Crippen LogP contribution in [0.4, 0.5) is 5.69 Å². The highest BCUT2D eigenvalue weighted by Gasteiger charge is 2.04. The highest BCUT2D eigenvalue weighted by Crippen LogP contribution is 2.21. The predicted molar refractivity (Wildman–Crippen MR) is 88.0 cm³/mol. The number of aryl methyl sites for hydroxylation is 1. The number of nitrogens with zero attached hydrogens (tertiary/aromatic N) is 2. The molecule has 0 unspecified atom stereocenters. The van der Waals surface area contributed by atoms with Crippen molar-refractivity contribution in [1.29, 1.82) is 0 Å². The number of anilines is 1. The number of rotatable bonds is 6. The standard InChI is InChI=1S/C18H23N2O/c1-3-20-12-10-16(11-13-20)8-9-17-6-4-5-7-18(17)19(2)14-15-21/h4-13,21H,3,14-15H2,1-2H3/q+1. The molecule has 3 heteroatoms. The molecule has 1 heterocycles. The maximum Gasteiger partial charge on any atom is 0.169 e. The molecule has 0 saturated heterocycles. The lowest BCUT2D eigenvalue weighted by Crippen LogP contribution is -2.30. The Balaban J connectivity index is 2.19. The normalized spacial score (nSPS) is 11.0. The van der Waals surface area contributed by atoms with Crippen LogP contribution in [0, 0.1) is 0 Å². The first kappa shape index (κ1) is 15.3. The van der Waals surface area contributed by atoms with Gasteiger partial charge in [0.1, 0.15) is 6.54 Å². The summed E-state index contributed by atoms with van der Waals surface area (Å²) in [5.41, 5.74) is 3.46. The van der Waals surface area contributed by atoms with Gasteiger partial charge in [0.25, 0.3) is 0 Å². The average molecular weight is 283 g/mol. The second-order valence-electron chi connectivity index (χ2n) is 5.00. The molecule has 0 fully saturated rings. The Kier molecular flexibility index (Phi) is 5.52. The molecule has 0 aliphatic carbocycles. The fourth-order valence-corrected chi connectivity index (χ4v) is 2.22. The van der Waals surface area contributed by atoms with Crippen LogP contribution < -0.4 is 9.47 Å². The minimum Gasteiger partial charge on any atom is -0.395 e. The van der Waals surface area contributed by atoms with Gasteiger partial charge < -0.3 is 10.0 Å². The lowest BCUT2D eigenvalue weighted by Gasteiger charge is -2.20. The Hall–Kier alpha value is -2.13. The van der Waals surface area contributed by atoms with Crippen molar-refractivity contribution in [3.63, 3.8) is 0 Å². The predicted octanol–water partition coefficient (Wildman–Crippen LogP) is 2.59. The molecule has 0 atom stereocenters. The number of hydrogen-bond acceptors (Lipinski definition) is 2. The van der Waals surface area contributed by atoms with Gasteiger partial charge in [0.2, 0.25) is 0 Å². The Labute approximate surface area is 126 Å². The molecule has 110 valence electrons. The molecular weight excluding hydrogens is 260 g/mol. The highest BCUT2D eigenvalue weighted by atomic mass is 16.3. The topological polar surface area (TPSA) is 27.4 Å². The van der Waals surface area contributed by atoms with E-state index in [1.165, 1.54) is 5.56 Å². The van der Waals surface area contributed by atoms with E-state index in [0.29, 0.717) is 6.54 Å². The van der Waals surface area contributed by atoms with Gasteiger partial charge in [0.05, 0.1) is 6.61 Å². The van der Waals surface area contributed by atoms with Crippen molar-refractivity contribution in [2.45, 2.75) is 13.5 Å². The summed E-state index contributed by atoms with van der Waals surface area (Å²) in [5, 5.41) is 9.08. The molecule has 3 nitrogen and oxygen atoms in total. The zero-order valence-electron chi connectivity index (χ0n) is 12.7. The van der Waals surface area contributed by atoms with E-state index in [0.717, 1.165) is 17.8 Å². The molecule has 0 amide bonds. The monoisotopic (exact) mass is 283 g/mol. The second kappa shape index (κ2) is 7.60. The minimum atomic E-state index is 0.157. The van der Waals surface area contributed by atoms with Gasteiger partial charge in [0, 0.05) is 31.4 Å². The van der Waals surface area contributed by atoms with Crippen LogP contribution in [0.2, 0.25) is 0 Å². The van der Waals surface area contributed by atoms with E-state index < -0.39 is 0 Å². The second-order valence-corrected chi connectivity index (χ2v) is 5.00. The van der Waals surface area contributed by atoms with Crippen molar-refractivity contribution in [1.82, 2.24) is 0 Å². The molecule has 0 aliphatic heterocycles. The number of aliphatic hydroxyl groups is 1. The summed E-state index contributed by atoms with van der Waals surface area (Å²) in [6.45, 7) is 3.90. The van der Waals surface area contributed by atoms with Gasteiger partial charge in [-0.25, -0.2) is 4.57 Å². The highest BCUT2D eigenvalue weighted by molar-refractivity contribution is 5.76. The fourth-order valence-electron chi connectivity index (χ4n) is 2.22. The summed E-state index contributed by atoms with van der Waals surface area (Å²) in [4.78, 5) is 2.07. The van der Waals surface area contributed by atoms with Crippen LogP contribution in [-0.2, 0) is 6.54 Å². The van der Waals surface area contributed by atoms with Crippen LogP contribution in [-0.4, -0.2) is 25.3 Å². The largest absolute Gasteiger partial charge is 0.395 e. The Morgan fingerprint density at radius 2 is 1.81 bits per heavy atom. The summed E-state index contributed by atoms with van der Waals surface area (Å²) >= 11 is 0. The first-order valence-corrected chi connectivity index (χ1v) is 7.33. The van der Waals surface area contributed by atoms with Crippen molar-refractivity contribution in [3.05, 3.63) is 59.9 Å². The molecule has 0 saturated carbocycles. The van der Waals surface area contributed by atoms with Crippen LogP contribution in [0.1, 0.15) is 18.1 Å². The van der Waals surface area contributed by atoms with Crippen molar-refractivity contribution < 1.29 is 9.67 Å². The number of hydrogen-bond donors (Lipinski definition) is 1. The summed E-state index contributed by atoms with van der Waals surface area (Å²) in [5.74, 6) is 0. The van der Waals surface area contributed by atoms with Gasteiger partial charge in [0.15, 0.2) is 12.4 Å². The molecule has 1 aromatic carbocycles. The third-order valence-electron chi connectivity index (χ3n) is 3.52. The van der Waals surface area contributed by atoms with E-state index in [1.54, 1.807) is 0 Å². The molecule has 0 bridgehead atoms. The number of benzene rings is 1. The maximum atomic E-state index is 9.08.